The molecule has 0 rings (SSSR count). The lowest BCUT2D eigenvalue weighted by Crippen LogP contribution is -2.50. The Bertz CT molecular complexity index is 290. The van der Waals surface area contributed by atoms with Crippen LogP contribution in [0.25, 0.3) is 0 Å². The summed E-state index contributed by atoms with van der Waals surface area (Å²) in [7, 11) is 0. The molecule has 0 aliphatic carbocycles. The number of hydrogen-bond donors (Lipinski definition) is 1. The van der Waals surface area contributed by atoms with E-state index in [1.165, 1.54) is 0 Å². The normalized spacial score (nSPS) is 12.7. The summed E-state index contributed by atoms with van der Waals surface area (Å²) in [5, 5.41) is 0. The SMILES string of the molecule is CC(C)CONCCN(C(=O)OC(C)(C)C)C(C)(C)C. The van der Waals surface area contributed by atoms with Crippen molar-refractivity contribution in [1.29, 1.82) is 0 Å². The Morgan fingerprint density at radius 2 is 1.70 bits per heavy atom. The zero-order valence-corrected chi connectivity index (χ0v) is 14.4. The molecule has 0 saturated carbocycles. The Hall–Kier alpha value is -0.810. The molecule has 0 saturated heterocycles. The molecule has 0 bridgehead atoms. The number of ether oxygens (including phenoxy) is 1. The number of nitrogens with one attached hydrogen (secondary N) is 1. The van der Waals surface area contributed by atoms with Gasteiger partial charge in [-0.1, -0.05) is 13.8 Å². The molecule has 0 aromatic heterocycles. The summed E-state index contributed by atoms with van der Waals surface area (Å²) in [5.74, 6) is 0.479. The van der Waals surface area contributed by atoms with Crippen LogP contribution in [-0.2, 0) is 9.57 Å². The number of hydroxylamine groups is 1. The molecule has 0 aliphatic rings. The molecule has 1 N–H and O–H groups in total. The van der Waals surface area contributed by atoms with Gasteiger partial charge in [0.1, 0.15) is 5.60 Å². The molecule has 5 heteroatoms. The van der Waals surface area contributed by atoms with Crippen molar-refractivity contribution in [2.45, 2.75) is 66.5 Å². The fraction of sp³-hybridized carbons (Fsp3) is 0.933. The highest BCUT2D eigenvalue weighted by molar-refractivity contribution is 5.69. The molecule has 0 atom stereocenters. The highest BCUT2D eigenvalue weighted by atomic mass is 16.6. The molecule has 0 aromatic rings. The molecular weight excluding hydrogens is 256 g/mol. The van der Waals surface area contributed by atoms with E-state index in [2.05, 4.69) is 19.3 Å². The molecule has 0 spiro atoms. The van der Waals surface area contributed by atoms with Gasteiger partial charge in [-0.15, -0.1) is 0 Å². The van der Waals surface area contributed by atoms with Gasteiger partial charge < -0.3 is 14.5 Å². The minimum atomic E-state index is -0.484. The lowest BCUT2D eigenvalue weighted by atomic mass is 10.1. The maximum Gasteiger partial charge on any atom is 0.410 e. The Balaban J connectivity index is 4.34. The molecule has 120 valence electrons. The molecule has 0 unspecified atom stereocenters. The summed E-state index contributed by atoms with van der Waals surface area (Å²) in [5.41, 5.74) is 2.11. The molecule has 0 aliphatic heterocycles. The number of nitrogens with zero attached hydrogens (tertiary/aromatic N) is 1. The quantitative estimate of drug-likeness (QED) is 0.602. The third-order valence-electron chi connectivity index (χ3n) is 2.38. The van der Waals surface area contributed by atoms with Gasteiger partial charge in [-0.2, -0.15) is 0 Å². The standard InChI is InChI=1S/C15H32N2O3/c1-12(2)11-19-16-9-10-17(14(3,4)5)13(18)20-15(6,7)8/h12,16H,9-11H2,1-8H3. The Morgan fingerprint density at radius 3 is 2.10 bits per heavy atom. The summed E-state index contributed by atoms with van der Waals surface area (Å²) in [6.07, 6.45) is -0.296. The predicted octanol–water partition coefficient (Wildman–Crippen LogP) is 3.20. The molecule has 0 heterocycles. The largest absolute Gasteiger partial charge is 0.444 e. The first-order valence-corrected chi connectivity index (χ1v) is 7.29. The van der Waals surface area contributed by atoms with Crippen molar-refractivity contribution in [2.75, 3.05) is 19.7 Å². The van der Waals surface area contributed by atoms with E-state index in [0.717, 1.165) is 0 Å². The lowest BCUT2D eigenvalue weighted by molar-refractivity contribution is -0.00727. The first-order chi connectivity index (χ1) is 8.93. The lowest BCUT2D eigenvalue weighted by Gasteiger charge is -2.36. The van der Waals surface area contributed by atoms with Crippen LogP contribution in [-0.4, -0.2) is 41.8 Å². The van der Waals surface area contributed by atoms with Crippen LogP contribution in [0.15, 0.2) is 0 Å². The number of carbonyl (C=O) groups is 1. The first-order valence-electron chi connectivity index (χ1n) is 7.29. The third kappa shape index (κ3) is 9.15. The van der Waals surface area contributed by atoms with E-state index < -0.39 is 5.60 Å². The highest BCUT2D eigenvalue weighted by Crippen LogP contribution is 2.17. The maximum absolute atomic E-state index is 12.2. The van der Waals surface area contributed by atoms with Crippen molar-refractivity contribution >= 4 is 6.09 Å². The first kappa shape index (κ1) is 19.2. The zero-order valence-electron chi connectivity index (χ0n) is 14.4. The topological polar surface area (TPSA) is 50.8 Å². The maximum atomic E-state index is 12.2. The van der Waals surface area contributed by atoms with Crippen molar-refractivity contribution in [2.24, 2.45) is 5.92 Å². The van der Waals surface area contributed by atoms with Crippen LogP contribution in [0, 0.1) is 5.92 Å². The van der Waals surface area contributed by atoms with Crippen LogP contribution in [0.3, 0.4) is 0 Å². The van der Waals surface area contributed by atoms with Crippen molar-refractivity contribution in [3.8, 4) is 0 Å². The minimum absolute atomic E-state index is 0.290. The van der Waals surface area contributed by atoms with Gasteiger partial charge in [0.2, 0.25) is 0 Å². The van der Waals surface area contributed by atoms with E-state index in [1.807, 2.05) is 41.5 Å². The Labute approximate surface area is 124 Å². The molecule has 20 heavy (non-hydrogen) atoms. The monoisotopic (exact) mass is 288 g/mol. The van der Waals surface area contributed by atoms with E-state index in [1.54, 1.807) is 4.90 Å². The van der Waals surface area contributed by atoms with Crippen LogP contribution in [0.5, 0.6) is 0 Å². The Morgan fingerprint density at radius 1 is 1.15 bits per heavy atom. The van der Waals surface area contributed by atoms with Gasteiger partial charge in [0.25, 0.3) is 0 Å². The van der Waals surface area contributed by atoms with Crippen molar-refractivity contribution in [3.05, 3.63) is 0 Å². The van der Waals surface area contributed by atoms with Gasteiger partial charge in [-0.25, -0.2) is 10.3 Å². The zero-order chi connectivity index (χ0) is 16.0. The number of hydrogen-bond acceptors (Lipinski definition) is 4. The number of carbonyl (C=O) groups excluding carboxylic acids is 1. The summed E-state index contributed by atoms with van der Waals surface area (Å²) >= 11 is 0. The second-order valence-corrected chi connectivity index (χ2v) is 7.40. The average Bonchev–Trinajstić information content (AvgIpc) is 2.17. The molecule has 0 radical (unpaired) electrons. The Kier molecular flexibility index (Phi) is 7.52. The highest BCUT2D eigenvalue weighted by Gasteiger charge is 2.30. The van der Waals surface area contributed by atoms with Gasteiger partial charge in [0, 0.05) is 18.6 Å². The summed E-state index contributed by atoms with van der Waals surface area (Å²) in [6.45, 7) is 17.5. The van der Waals surface area contributed by atoms with Crippen LogP contribution in [0.1, 0.15) is 55.4 Å². The van der Waals surface area contributed by atoms with Crippen molar-refractivity contribution in [1.82, 2.24) is 10.4 Å². The number of rotatable bonds is 6. The third-order valence-corrected chi connectivity index (χ3v) is 2.38. The summed E-state index contributed by atoms with van der Waals surface area (Å²) in [4.78, 5) is 19.2. The van der Waals surface area contributed by atoms with Gasteiger partial charge >= 0.3 is 6.09 Å². The van der Waals surface area contributed by atoms with E-state index in [9.17, 15) is 4.79 Å². The minimum Gasteiger partial charge on any atom is -0.444 e. The van der Waals surface area contributed by atoms with Crippen molar-refractivity contribution < 1.29 is 14.4 Å². The molecular formula is C15H32N2O3. The molecule has 1 amide bonds. The van der Waals surface area contributed by atoms with E-state index in [4.69, 9.17) is 9.57 Å². The second-order valence-electron chi connectivity index (χ2n) is 7.40. The molecule has 0 fully saturated rings. The molecule has 5 nitrogen and oxygen atoms in total. The van der Waals surface area contributed by atoms with E-state index >= 15 is 0 Å². The van der Waals surface area contributed by atoms with Crippen LogP contribution >= 0.6 is 0 Å². The van der Waals surface area contributed by atoms with E-state index in [-0.39, 0.29) is 11.6 Å². The van der Waals surface area contributed by atoms with Crippen LogP contribution < -0.4 is 5.48 Å². The molecule has 0 aromatic carbocycles. The van der Waals surface area contributed by atoms with Gasteiger partial charge in [0.15, 0.2) is 0 Å². The van der Waals surface area contributed by atoms with Gasteiger partial charge in [0.05, 0.1) is 6.61 Å². The fourth-order valence-electron chi connectivity index (χ4n) is 1.47. The van der Waals surface area contributed by atoms with Gasteiger partial charge in [-0.05, 0) is 47.5 Å². The summed E-state index contributed by atoms with van der Waals surface area (Å²) in [6, 6.07) is 0. The number of amides is 1. The van der Waals surface area contributed by atoms with Crippen LogP contribution in [0.2, 0.25) is 0 Å². The van der Waals surface area contributed by atoms with Gasteiger partial charge in [-0.3, -0.25) is 0 Å². The average molecular weight is 288 g/mol. The smallest absolute Gasteiger partial charge is 0.410 e. The van der Waals surface area contributed by atoms with E-state index in [0.29, 0.717) is 25.6 Å². The fourth-order valence-corrected chi connectivity index (χ4v) is 1.47. The summed E-state index contributed by atoms with van der Waals surface area (Å²) < 4.78 is 5.44. The van der Waals surface area contributed by atoms with Crippen LogP contribution in [0.4, 0.5) is 4.79 Å². The van der Waals surface area contributed by atoms with Crippen molar-refractivity contribution in [3.63, 3.8) is 0 Å². The second kappa shape index (κ2) is 7.84. The predicted molar refractivity (Wildman–Crippen MR) is 81.5 cm³/mol.